The monoisotopic (exact) mass is 333 g/mol. The highest BCUT2D eigenvalue weighted by Gasteiger charge is 2.16. The van der Waals surface area contributed by atoms with Crippen molar-refractivity contribution in [2.45, 2.75) is 40.2 Å². The van der Waals surface area contributed by atoms with Crippen molar-refractivity contribution in [1.82, 2.24) is 14.5 Å². The molecule has 0 bridgehead atoms. The van der Waals surface area contributed by atoms with Gasteiger partial charge >= 0.3 is 0 Å². The van der Waals surface area contributed by atoms with Crippen molar-refractivity contribution in [1.29, 1.82) is 5.26 Å². The Morgan fingerprint density at radius 3 is 2.56 bits per heavy atom. The Balaban J connectivity index is 2.03. The highest BCUT2D eigenvalue weighted by Crippen LogP contribution is 2.25. The van der Waals surface area contributed by atoms with Crippen molar-refractivity contribution < 1.29 is 0 Å². The van der Waals surface area contributed by atoms with E-state index in [1.807, 2.05) is 30.3 Å². The van der Waals surface area contributed by atoms with Gasteiger partial charge in [0.1, 0.15) is 11.7 Å². The molecule has 0 atom stereocenters. The van der Waals surface area contributed by atoms with Crippen LogP contribution in [0.5, 0.6) is 0 Å². The fraction of sp³-hybridized carbons (Fsp3) is 0.350. The first-order valence-electron chi connectivity index (χ1n) is 8.45. The molecule has 2 heterocycles. The Labute approximate surface area is 148 Å². The molecule has 0 saturated carbocycles. The van der Waals surface area contributed by atoms with E-state index >= 15 is 0 Å². The van der Waals surface area contributed by atoms with Crippen molar-refractivity contribution in [3.63, 3.8) is 0 Å². The van der Waals surface area contributed by atoms with Gasteiger partial charge in [0, 0.05) is 35.9 Å². The molecule has 0 aliphatic carbocycles. The van der Waals surface area contributed by atoms with Crippen molar-refractivity contribution in [3.8, 4) is 6.07 Å². The molecule has 2 aromatic heterocycles. The van der Waals surface area contributed by atoms with Gasteiger partial charge in [-0.1, -0.05) is 32.9 Å². The topological polar surface area (TPSA) is 80.5 Å². The Bertz CT molecular complexity index is 924. The molecular weight excluding hydrogens is 310 g/mol. The van der Waals surface area contributed by atoms with Crippen LogP contribution in [0.4, 0.5) is 5.69 Å². The lowest BCUT2D eigenvalue weighted by atomic mass is 9.92. The van der Waals surface area contributed by atoms with Gasteiger partial charge in [-0.2, -0.15) is 5.26 Å². The molecule has 0 fully saturated rings. The van der Waals surface area contributed by atoms with Crippen LogP contribution in [0.2, 0.25) is 0 Å². The molecule has 0 aliphatic rings. The van der Waals surface area contributed by atoms with E-state index in [0.29, 0.717) is 0 Å². The first kappa shape index (κ1) is 17.0. The maximum absolute atomic E-state index is 9.12. The first-order chi connectivity index (χ1) is 11.9. The standard InChI is InChI=1S/C20H23N5/c1-20(2,3)8-9-25-17(10-14-4-6-16(22)7-5-14)11-15-13-23-18(12-21)24-19(15)25/h4-7,11,13H,8-10,22H2,1-3H3. The number of anilines is 1. The number of nitrogens with two attached hydrogens (primary N) is 1. The van der Waals surface area contributed by atoms with Crippen LogP contribution in [0.1, 0.15) is 44.3 Å². The Hall–Kier alpha value is -2.87. The zero-order valence-corrected chi connectivity index (χ0v) is 15.0. The number of nitrogens with zero attached hydrogens (tertiary/aromatic N) is 4. The molecule has 3 aromatic rings. The maximum atomic E-state index is 9.12. The van der Waals surface area contributed by atoms with Crippen LogP contribution in [0.3, 0.4) is 0 Å². The smallest absolute Gasteiger partial charge is 0.234 e. The number of hydrogen-bond acceptors (Lipinski definition) is 4. The molecule has 128 valence electrons. The van der Waals surface area contributed by atoms with Crippen LogP contribution in [-0.4, -0.2) is 14.5 Å². The van der Waals surface area contributed by atoms with Crippen molar-refractivity contribution in [3.05, 3.63) is 53.6 Å². The highest BCUT2D eigenvalue weighted by molar-refractivity contribution is 5.77. The van der Waals surface area contributed by atoms with E-state index in [9.17, 15) is 0 Å². The van der Waals surface area contributed by atoms with E-state index < -0.39 is 0 Å². The largest absolute Gasteiger partial charge is 0.399 e. The average molecular weight is 333 g/mol. The summed E-state index contributed by atoms with van der Waals surface area (Å²) in [6.07, 6.45) is 3.56. The van der Waals surface area contributed by atoms with Gasteiger partial charge < -0.3 is 10.3 Å². The third-order valence-corrected chi connectivity index (χ3v) is 4.27. The lowest BCUT2D eigenvalue weighted by Gasteiger charge is -2.20. The summed E-state index contributed by atoms with van der Waals surface area (Å²) in [5.74, 6) is 0.210. The SMILES string of the molecule is CC(C)(C)CCn1c(Cc2ccc(N)cc2)cc2cnc(C#N)nc21. The number of hydrogen-bond donors (Lipinski definition) is 1. The number of nitrogen functional groups attached to an aromatic ring is 1. The van der Waals surface area contributed by atoms with Crippen LogP contribution in [-0.2, 0) is 13.0 Å². The number of fused-ring (bicyclic) bond motifs is 1. The molecule has 5 heteroatoms. The van der Waals surface area contributed by atoms with E-state index in [2.05, 4.69) is 41.4 Å². The van der Waals surface area contributed by atoms with Gasteiger partial charge in [-0.3, -0.25) is 0 Å². The van der Waals surface area contributed by atoms with Gasteiger partial charge in [0.2, 0.25) is 5.82 Å². The second-order valence-corrected chi connectivity index (χ2v) is 7.60. The zero-order valence-electron chi connectivity index (χ0n) is 15.0. The summed E-state index contributed by atoms with van der Waals surface area (Å²) >= 11 is 0. The number of rotatable bonds is 4. The minimum absolute atomic E-state index is 0.210. The molecule has 2 N–H and O–H groups in total. The van der Waals surface area contributed by atoms with Crippen LogP contribution in [0, 0.1) is 16.7 Å². The molecule has 0 radical (unpaired) electrons. The fourth-order valence-corrected chi connectivity index (χ4v) is 2.84. The summed E-state index contributed by atoms with van der Waals surface area (Å²) in [6, 6.07) is 12.1. The summed E-state index contributed by atoms with van der Waals surface area (Å²) in [5, 5.41) is 10.1. The van der Waals surface area contributed by atoms with Gasteiger partial charge in [-0.05, 0) is 35.6 Å². The van der Waals surface area contributed by atoms with Crippen LogP contribution < -0.4 is 5.73 Å². The molecule has 1 aromatic carbocycles. The van der Waals surface area contributed by atoms with Gasteiger partial charge in [0.05, 0.1) is 0 Å². The number of aryl methyl sites for hydroxylation is 1. The van der Waals surface area contributed by atoms with E-state index in [4.69, 9.17) is 11.0 Å². The molecular formula is C20H23N5. The molecule has 25 heavy (non-hydrogen) atoms. The lowest BCUT2D eigenvalue weighted by molar-refractivity contribution is 0.351. The lowest BCUT2D eigenvalue weighted by Crippen LogP contribution is -2.13. The van der Waals surface area contributed by atoms with E-state index in [1.54, 1.807) is 6.20 Å². The fourth-order valence-electron chi connectivity index (χ4n) is 2.84. The summed E-state index contributed by atoms with van der Waals surface area (Å²) in [7, 11) is 0. The van der Waals surface area contributed by atoms with E-state index in [-0.39, 0.29) is 11.2 Å². The van der Waals surface area contributed by atoms with Crippen LogP contribution in [0.15, 0.2) is 36.5 Å². The van der Waals surface area contributed by atoms with Gasteiger partial charge in [-0.25, -0.2) is 9.97 Å². The summed E-state index contributed by atoms with van der Waals surface area (Å²) < 4.78 is 2.22. The highest BCUT2D eigenvalue weighted by atomic mass is 15.1. The number of benzene rings is 1. The van der Waals surface area contributed by atoms with Crippen molar-refractivity contribution in [2.24, 2.45) is 5.41 Å². The number of nitriles is 1. The van der Waals surface area contributed by atoms with Crippen molar-refractivity contribution in [2.75, 3.05) is 5.73 Å². The van der Waals surface area contributed by atoms with E-state index in [0.717, 1.165) is 36.1 Å². The Morgan fingerprint density at radius 1 is 1.20 bits per heavy atom. The quantitative estimate of drug-likeness (QED) is 0.734. The zero-order chi connectivity index (χ0) is 18.0. The third kappa shape index (κ3) is 3.97. The average Bonchev–Trinajstić information content (AvgIpc) is 2.90. The van der Waals surface area contributed by atoms with Gasteiger partial charge in [-0.15, -0.1) is 0 Å². The minimum atomic E-state index is 0.210. The Morgan fingerprint density at radius 2 is 1.92 bits per heavy atom. The summed E-state index contributed by atoms with van der Waals surface area (Å²) in [6.45, 7) is 7.55. The predicted molar refractivity (Wildman–Crippen MR) is 100.0 cm³/mol. The molecule has 3 rings (SSSR count). The summed E-state index contributed by atoms with van der Waals surface area (Å²) in [5.41, 5.74) is 9.98. The minimum Gasteiger partial charge on any atom is -0.399 e. The predicted octanol–water partition coefficient (Wildman–Crippen LogP) is 3.91. The molecule has 0 saturated heterocycles. The summed E-state index contributed by atoms with van der Waals surface area (Å²) in [4.78, 5) is 8.55. The first-order valence-corrected chi connectivity index (χ1v) is 8.45. The number of aromatic nitrogens is 3. The third-order valence-electron chi connectivity index (χ3n) is 4.27. The second-order valence-electron chi connectivity index (χ2n) is 7.60. The maximum Gasteiger partial charge on any atom is 0.234 e. The van der Waals surface area contributed by atoms with Gasteiger partial charge in [0.25, 0.3) is 0 Å². The molecule has 5 nitrogen and oxygen atoms in total. The Kier molecular flexibility index (Phi) is 4.45. The van der Waals surface area contributed by atoms with E-state index in [1.165, 1.54) is 11.3 Å². The van der Waals surface area contributed by atoms with Crippen LogP contribution in [0.25, 0.3) is 11.0 Å². The molecule has 0 aliphatic heterocycles. The van der Waals surface area contributed by atoms with Crippen LogP contribution >= 0.6 is 0 Å². The normalized spacial score (nSPS) is 11.6. The van der Waals surface area contributed by atoms with Gasteiger partial charge in [0.15, 0.2) is 0 Å². The molecule has 0 unspecified atom stereocenters. The molecule has 0 amide bonds. The van der Waals surface area contributed by atoms with Crippen molar-refractivity contribution >= 4 is 16.7 Å². The second kappa shape index (κ2) is 6.56. The molecule has 0 spiro atoms.